The summed E-state index contributed by atoms with van der Waals surface area (Å²) in [5, 5.41) is 2.65. The van der Waals surface area contributed by atoms with Gasteiger partial charge in [0.25, 0.3) is 5.91 Å². The fraction of sp³-hybridized carbons (Fsp3) is 0.545. The molecular formula is C11H16N4O2. The Morgan fingerprint density at radius 2 is 2.06 bits per heavy atom. The first-order valence-corrected chi connectivity index (χ1v) is 5.53. The highest BCUT2D eigenvalue weighted by Gasteiger charge is 2.43. The molecule has 1 aliphatic heterocycles. The van der Waals surface area contributed by atoms with Crippen LogP contribution in [0.15, 0.2) is 12.4 Å². The van der Waals surface area contributed by atoms with E-state index in [1.807, 2.05) is 17.7 Å². The first kappa shape index (κ1) is 11.6. The lowest BCUT2D eigenvalue weighted by Gasteiger charge is -2.16. The van der Waals surface area contributed by atoms with E-state index in [1.54, 1.807) is 20.0 Å². The topological polar surface area (TPSA) is 67.2 Å². The fourth-order valence-electron chi connectivity index (χ4n) is 1.87. The summed E-state index contributed by atoms with van der Waals surface area (Å²) in [5.41, 5.74) is -0.791. The molecule has 1 fully saturated rings. The van der Waals surface area contributed by atoms with Gasteiger partial charge in [-0.15, -0.1) is 0 Å². The van der Waals surface area contributed by atoms with E-state index in [0.717, 1.165) is 5.82 Å². The van der Waals surface area contributed by atoms with Crippen LogP contribution in [0.4, 0.5) is 4.79 Å². The summed E-state index contributed by atoms with van der Waals surface area (Å²) in [4.78, 5) is 28.9. The smallest absolute Gasteiger partial charge is 0.325 e. The van der Waals surface area contributed by atoms with Gasteiger partial charge in [-0.3, -0.25) is 9.69 Å². The number of aromatic nitrogens is 2. The molecule has 2 rings (SSSR count). The van der Waals surface area contributed by atoms with Crippen LogP contribution in [0.3, 0.4) is 0 Å². The standard InChI is InChI=1S/C11H16N4O2/c1-8-12-4-5-14(8)6-7-15-9(16)11(2,3)13-10(15)17/h4-5H,6-7H2,1-3H3,(H,13,17). The molecule has 1 aliphatic rings. The molecule has 3 amide bonds. The van der Waals surface area contributed by atoms with E-state index in [4.69, 9.17) is 0 Å². The van der Waals surface area contributed by atoms with Crippen LogP contribution >= 0.6 is 0 Å². The summed E-state index contributed by atoms with van der Waals surface area (Å²) in [6, 6.07) is -0.322. The minimum Gasteiger partial charge on any atom is -0.333 e. The summed E-state index contributed by atoms with van der Waals surface area (Å²) in [5.74, 6) is 0.691. The number of imidazole rings is 1. The molecule has 92 valence electrons. The van der Waals surface area contributed by atoms with Crippen LogP contribution in [0.25, 0.3) is 0 Å². The van der Waals surface area contributed by atoms with E-state index < -0.39 is 5.54 Å². The van der Waals surface area contributed by atoms with Crippen molar-refractivity contribution in [3.8, 4) is 0 Å². The van der Waals surface area contributed by atoms with Crippen molar-refractivity contribution >= 4 is 11.9 Å². The Balaban J connectivity index is 2.03. The molecule has 0 aliphatic carbocycles. The molecule has 6 nitrogen and oxygen atoms in total. The highest BCUT2D eigenvalue weighted by atomic mass is 16.2. The Hall–Kier alpha value is -1.85. The molecule has 0 radical (unpaired) electrons. The van der Waals surface area contributed by atoms with E-state index >= 15 is 0 Å². The average Bonchev–Trinajstić information content (AvgIpc) is 2.70. The molecule has 0 aromatic carbocycles. The quantitative estimate of drug-likeness (QED) is 0.778. The van der Waals surface area contributed by atoms with Crippen molar-refractivity contribution in [3.63, 3.8) is 0 Å². The average molecular weight is 236 g/mol. The lowest BCUT2D eigenvalue weighted by Crippen LogP contribution is -2.40. The highest BCUT2D eigenvalue weighted by molar-refractivity contribution is 6.06. The van der Waals surface area contributed by atoms with E-state index in [0.29, 0.717) is 13.1 Å². The molecule has 17 heavy (non-hydrogen) atoms. The molecular weight excluding hydrogens is 220 g/mol. The minimum atomic E-state index is -0.791. The molecule has 0 atom stereocenters. The monoisotopic (exact) mass is 236 g/mol. The lowest BCUT2D eigenvalue weighted by molar-refractivity contribution is -0.130. The van der Waals surface area contributed by atoms with Gasteiger partial charge in [0, 0.05) is 25.5 Å². The number of carbonyl (C=O) groups excluding carboxylic acids is 2. The summed E-state index contributed by atoms with van der Waals surface area (Å²) in [6.07, 6.45) is 3.53. The number of nitrogens with one attached hydrogen (secondary N) is 1. The third kappa shape index (κ3) is 2.02. The number of rotatable bonds is 3. The molecule has 0 saturated carbocycles. The van der Waals surface area contributed by atoms with Gasteiger partial charge in [-0.05, 0) is 20.8 Å². The van der Waals surface area contributed by atoms with Crippen LogP contribution in [0.2, 0.25) is 0 Å². The summed E-state index contributed by atoms with van der Waals surface area (Å²) < 4.78 is 1.91. The van der Waals surface area contributed by atoms with Crippen LogP contribution in [0.5, 0.6) is 0 Å². The van der Waals surface area contributed by atoms with Gasteiger partial charge in [-0.1, -0.05) is 0 Å². The van der Waals surface area contributed by atoms with Gasteiger partial charge in [0.2, 0.25) is 0 Å². The van der Waals surface area contributed by atoms with Crippen molar-refractivity contribution in [1.82, 2.24) is 19.8 Å². The normalized spacial score (nSPS) is 18.6. The van der Waals surface area contributed by atoms with Gasteiger partial charge >= 0.3 is 6.03 Å². The first-order valence-electron chi connectivity index (χ1n) is 5.53. The van der Waals surface area contributed by atoms with E-state index in [1.165, 1.54) is 4.90 Å². The summed E-state index contributed by atoms with van der Waals surface area (Å²) in [7, 11) is 0. The predicted octanol–water partition coefficient (Wildman–Crippen LogP) is 0.522. The maximum Gasteiger partial charge on any atom is 0.325 e. The molecule has 0 bridgehead atoms. The largest absolute Gasteiger partial charge is 0.333 e. The van der Waals surface area contributed by atoms with E-state index in [-0.39, 0.29) is 11.9 Å². The maximum absolute atomic E-state index is 11.9. The van der Waals surface area contributed by atoms with Gasteiger partial charge < -0.3 is 9.88 Å². The van der Waals surface area contributed by atoms with Gasteiger partial charge in [0.15, 0.2) is 0 Å². The Bertz CT molecular complexity index is 464. The van der Waals surface area contributed by atoms with E-state index in [9.17, 15) is 9.59 Å². The second kappa shape index (κ2) is 3.87. The first-order chi connectivity index (χ1) is 7.92. The Labute approximate surface area is 99.6 Å². The van der Waals surface area contributed by atoms with Crippen LogP contribution in [0.1, 0.15) is 19.7 Å². The third-order valence-electron chi connectivity index (χ3n) is 2.93. The molecule has 1 N–H and O–H groups in total. The predicted molar refractivity (Wildman–Crippen MR) is 61.3 cm³/mol. The molecule has 1 saturated heterocycles. The third-order valence-corrected chi connectivity index (χ3v) is 2.93. The van der Waals surface area contributed by atoms with Gasteiger partial charge in [0.1, 0.15) is 11.4 Å². The van der Waals surface area contributed by atoms with Crippen LogP contribution in [-0.4, -0.2) is 38.5 Å². The molecule has 2 heterocycles. The van der Waals surface area contributed by atoms with Crippen molar-refractivity contribution in [1.29, 1.82) is 0 Å². The maximum atomic E-state index is 11.9. The summed E-state index contributed by atoms with van der Waals surface area (Å²) >= 11 is 0. The number of imide groups is 1. The zero-order chi connectivity index (χ0) is 12.6. The zero-order valence-electron chi connectivity index (χ0n) is 10.2. The Morgan fingerprint density at radius 1 is 1.35 bits per heavy atom. The zero-order valence-corrected chi connectivity index (χ0v) is 10.2. The number of amides is 3. The highest BCUT2D eigenvalue weighted by Crippen LogP contribution is 2.16. The number of hydrogen-bond acceptors (Lipinski definition) is 3. The summed E-state index contributed by atoms with van der Waals surface area (Å²) in [6.45, 7) is 6.23. The second-order valence-electron chi connectivity index (χ2n) is 4.68. The van der Waals surface area contributed by atoms with E-state index in [2.05, 4.69) is 10.3 Å². The number of aryl methyl sites for hydroxylation is 1. The Kier molecular flexibility index (Phi) is 2.65. The SMILES string of the molecule is Cc1nccn1CCN1C(=O)NC(C)(C)C1=O. The minimum absolute atomic E-state index is 0.180. The van der Waals surface area contributed by atoms with Crippen LogP contribution in [0, 0.1) is 6.92 Å². The van der Waals surface area contributed by atoms with Crippen molar-refractivity contribution in [2.75, 3.05) is 6.54 Å². The second-order valence-corrected chi connectivity index (χ2v) is 4.68. The molecule has 6 heteroatoms. The van der Waals surface area contributed by atoms with Crippen LogP contribution in [-0.2, 0) is 11.3 Å². The number of hydrogen-bond donors (Lipinski definition) is 1. The van der Waals surface area contributed by atoms with Crippen LogP contribution < -0.4 is 5.32 Å². The van der Waals surface area contributed by atoms with Gasteiger partial charge in [0.05, 0.1) is 0 Å². The number of urea groups is 1. The molecule has 0 unspecified atom stereocenters. The van der Waals surface area contributed by atoms with Crippen molar-refractivity contribution < 1.29 is 9.59 Å². The lowest BCUT2D eigenvalue weighted by atomic mass is 10.1. The number of carbonyl (C=O) groups is 2. The molecule has 1 aromatic rings. The van der Waals surface area contributed by atoms with Crippen molar-refractivity contribution in [3.05, 3.63) is 18.2 Å². The fourth-order valence-corrected chi connectivity index (χ4v) is 1.87. The number of nitrogens with zero attached hydrogens (tertiary/aromatic N) is 3. The molecule has 1 aromatic heterocycles. The van der Waals surface area contributed by atoms with Gasteiger partial charge in [-0.25, -0.2) is 9.78 Å². The van der Waals surface area contributed by atoms with Crippen molar-refractivity contribution in [2.24, 2.45) is 0 Å². The van der Waals surface area contributed by atoms with Gasteiger partial charge in [-0.2, -0.15) is 0 Å². The van der Waals surface area contributed by atoms with Crippen molar-refractivity contribution in [2.45, 2.75) is 32.9 Å². The molecule has 0 spiro atoms. The Morgan fingerprint density at radius 3 is 2.53 bits per heavy atom.